The average Bonchev–Trinajstić information content (AvgIpc) is 2.92. The Balaban J connectivity index is 0.000000426. The molecule has 0 spiro atoms. The zero-order chi connectivity index (χ0) is 19.3. The molecule has 148 valence electrons. The number of rotatable bonds is 0. The number of Topliss-reactive ketones (excluding diaryl/α,β-unsaturated/α-hetero) is 1. The summed E-state index contributed by atoms with van der Waals surface area (Å²) in [6.45, 7) is 0. The van der Waals surface area contributed by atoms with E-state index < -0.39 is 30.6 Å². The summed E-state index contributed by atoms with van der Waals surface area (Å²) in [6.07, 6.45) is -1.20. The number of nitrogens with one attached hydrogen (secondary N) is 1. The van der Waals surface area contributed by atoms with Crippen molar-refractivity contribution in [2.24, 2.45) is 17.6 Å². The van der Waals surface area contributed by atoms with E-state index in [2.05, 4.69) is 21.9 Å². The van der Waals surface area contributed by atoms with Crippen molar-refractivity contribution in [1.29, 1.82) is 5.26 Å². The molecular formula is C14H22F4N6O2. The van der Waals surface area contributed by atoms with Crippen LogP contribution in [-0.2, 0) is 17.6 Å². The van der Waals surface area contributed by atoms with Gasteiger partial charge in [-0.25, -0.2) is 17.6 Å². The van der Waals surface area contributed by atoms with E-state index in [1.54, 1.807) is 6.07 Å². The number of nitrogens with zero attached hydrogens (tertiary/aromatic N) is 2. The van der Waals surface area contributed by atoms with E-state index in [4.69, 9.17) is 11.0 Å². The molecule has 0 aromatic carbocycles. The van der Waals surface area contributed by atoms with Crippen LogP contribution in [0.3, 0.4) is 0 Å². The van der Waals surface area contributed by atoms with Crippen LogP contribution >= 0.6 is 0 Å². The number of aromatic amines is 1. The second-order valence-corrected chi connectivity index (χ2v) is 5.81. The van der Waals surface area contributed by atoms with Crippen LogP contribution < -0.4 is 17.4 Å². The smallest absolute Gasteiger partial charge is 0.252 e. The van der Waals surface area contributed by atoms with Gasteiger partial charge in [-0.15, -0.1) is 0 Å². The molecule has 12 heteroatoms. The van der Waals surface area contributed by atoms with Gasteiger partial charge >= 0.3 is 0 Å². The number of nitrogens with two attached hydrogens (primary N) is 3. The van der Waals surface area contributed by atoms with E-state index in [0.717, 1.165) is 5.69 Å². The molecule has 0 bridgehead atoms. The lowest BCUT2D eigenvalue weighted by atomic mass is 9.86. The molecule has 1 heterocycles. The topological polar surface area (TPSA) is 179 Å². The minimum atomic E-state index is -2.81. The van der Waals surface area contributed by atoms with Gasteiger partial charge in [0.25, 0.3) is 5.92 Å². The highest BCUT2D eigenvalue weighted by molar-refractivity contribution is 5.84. The number of anilines is 1. The number of aryl methyl sites for hydroxylation is 1. The van der Waals surface area contributed by atoms with Crippen LogP contribution in [0.1, 0.15) is 36.9 Å². The molecule has 1 fully saturated rings. The van der Waals surface area contributed by atoms with Gasteiger partial charge < -0.3 is 11.2 Å². The molecule has 0 radical (unpaired) electrons. The first-order valence-corrected chi connectivity index (χ1v) is 7.46. The number of hydrogen-bond donors (Lipinski definition) is 4. The predicted molar refractivity (Wildman–Crippen MR) is 84.9 cm³/mol. The molecule has 9 N–H and O–H groups in total. The predicted octanol–water partition coefficient (Wildman–Crippen LogP) is 0.624. The molecule has 0 amide bonds. The molecule has 1 aromatic rings. The lowest BCUT2D eigenvalue weighted by Crippen LogP contribution is -2.31. The van der Waals surface area contributed by atoms with Gasteiger partial charge in [0.2, 0.25) is 5.92 Å². The number of aromatic nitrogens is 2. The third kappa shape index (κ3) is 6.25. The number of nitrogen functional groups attached to an aromatic ring is 1. The fourth-order valence-corrected chi connectivity index (χ4v) is 2.59. The average molecular weight is 382 g/mol. The van der Waals surface area contributed by atoms with Crippen molar-refractivity contribution in [1.82, 2.24) is 10.2 Å². The minimum Gasteiger partial charge on any atom is -0.412 e. The number of alkyl halides is 4. The fourth-order valence-electron chi connectivity index (χ4n) is 2.59. The Morgan fingerprint density at radius 1 is 1.15 bits per heavy atom. The molecule has 2 aliphatic carbocycles. The highest BCUT2D eigenvalue weighted by atomic mass is 19.3. The summed E-state index contributed by atoms with van der Waals surface area (Å²) in [7, 11) is 0. The van der Waals surface area contributed by atoms with Crippen molar-refractivity contribution < 1.29 is 27.8 Å². The number of hydrazine groups is 1. The van der Waals surface area contributed by atoms with E-state index in [0.29, 0.717) is 12.0 Å². The summed E-state index contributed by atoms with van der Waals surface area (Å²) in [4.78, 5) is 10.8. The van der Waals surface area contributed by atoms with Gasteiger partial charge in [0.05, 0.1) is 6.07 Å². The normalized spacial score (nSPS) is 22.2. The number of H-pyrrole nitrogens is 1. The number of ketones is 1. The van der Waals surface area contributed by atoms with Crippen LogP contribution in [0, 0.1) is 17.2 Å². The molecule has 0 saturated heterocycles. The van der Waals surface area contributed by atoms with E-state index in [1.165, 1.54) is 0 Å². The third-order valence-electron chi connectivity index (χ3n) is 3.95. The van der Waals surface area contributed by atoms with Crippen LogP contribution in [0.4, 0.5) is 23.4 Å². The number of carbonyl (C=O) groups is 1. The highest BCUT2D eigenvalue weighted by Gasteiger charge is 2.40. The van der Waals surface area contributed by atoms with Gasteiger partial charge in [-0.3, -0.25) is 21.6 Å². The molecule has 26 heavy (non-hydrogen) atoms. The van der Waals surface area contributed by atoms with Crippen LogP contribution in [0.15, 0.2) is 0 Å². The van der Waals surface area contributed by atoms with Gasteiger partial charge in [0.15, 0.2) is 0 Å². The fraction of sp³-hybridized carbons (Fsp3) is 0.643. The van der Waals surface area contributed by atoms with E-state index in [9.17, 15) is 22.4 Å². The second-order valence-electron chi connectivity index (χ2n) is 5.81. The molecule has 1 saturated carbocycles. The Bertz CT molecular complexity index is 644. The lowest BCUT2D eigenvalue weighted by molar-refractivity contribution is -0.132. The Kier molecular flexibility index (Phi) is 8.65. The van der Waals surface area contributed by atoms with Crippen LogP contribution in [0.25, 0.3) is 0 Å². The minimum absolute atomic E-state index is 0. The maximum absolute atomic E-state index is 12.8. The van der Waals surface area contributed by atoms with Crippen LogP contribution in [0.5, 0.6) is 0 Å². The number of halogens is 4. The molecule has 2 aliphatic rings. The van der Waals surface area contributed by atoms with E-state index in [-0.39, 0.29) is 36.3 Å². The Labute approximate surface area is 147 Å². The van der Waals surface area contributed by atoms with Crippen molar-refractivity contribution in [3.8, 4) is 6.07 Å². The van der Waals surface area contributed by atoms with Gasteiger partial charge in [0.1, 0.15) is 17.5 Å². The van der Waals surface area contributed by atoms with Crippen molar-refractivity contribution in [2.45, 2.75) is 50.4 Å². The first-order chi connectivity index (χ1) is 11.6. The number of fused-ring (bicyclic) bond motifs is 1. The number of carbonyl (C=O) groups excluding carboxylic acids is 1. The van der Waals surface area contributed by atoms with Gasteiger partial charge in [0, 0.05) is 43.4 Å². The van der Waals surface area contributed by atoms with Crippen molar-refractivity contribution in [3.63, 3.8) is 0 Å². The zero-order valence-electron chi connectivity index (χ0n) is 13.9. The maximum Gasteiger partial charge on any atom is 0.252 e. The zero-order valence-corrected chi connectivity index (χ0v) is 13.9. The monoisotopic (exact) mass is 382 g/mol. The quantitative estimate of drug-likeness (QED) is 0.290. The Morgan fingerprint density at radius 3 is 2.27 bits per heavy atom. The Morgan fingerprint density at radius 2 is 1.73 bits per heavy atom. The third-order valence-corrected chi connectivity index (χ3v) is 3.95. The second kappa shape index (κ2) is 9.46. The van der Waals surface area contributed by atoms with Crippen LogP contribution in [-0.4, -0.2) is 33.3 Å². The largest absolute Gasteiger partial charge is 0.412 e. The molecule has 8 nitrogen and oxygen atoms in total. The first kappa shape index (κ1) is 23.8. The summed E-state index contributed by atoms with van der Waals surface area (Å²) in [5.41, 5.74) is 6.66. The van der Waals surface area contributed by atoms with Gasteiger partial charge in [-0.2, -0.15) is 10.4 Å². The van der Waals surface area contributed by atoms with Gasteiger partial charge in [-0.1, -0.05) is 0 Å². The maximum atomic E-state index is 12.8. The summed E-state index contributed by atoms with van der Waals surface area (Å²) in [6, 6.07) is 1.58. The highest BCUT2D eigenvalue weighted by Crippen LogP contribution is 2.35. The molecular weight excluding hydrogens is 360 g/mol. The molecule has 1 aromatic heterocycles. The lowest BCUT2D eigenvalue weighted by Gasteiger charge is -2.23. The molecule has 1 unspecified atom stereocenters. The molecule has 1 atom stereocenters. The van der Waals surface area contributed by atoms with Gasteiger partial charge in [-0.05, 0) is 6.42 Å². The molecule has 3 rings (SSSR count). The number of nitriles is 1. The summed E-state index contributed by atoms with van der Waals surface area (Å²) in [5, 5.41) is 14.6. The van der Waals surface area contributed by atoms with Crippen molar-refractivity contribution in [3.05, 3.63) is 11.3 Å². The summed E-state index contributed by atoms with van der Waals surface area (Å²) in [5.74, 6) is 1.36. The number of hydrogen-bond acceptors (Lipinski definition) is 6. The van der Waals surface area contributed by atoms with Crippen molar-refractivity contribution >= 4 is 11.6 Å². The first-order valence-electron chi connectivity index (χ1n) is 7.46. The van der Waals surface area contributed by atoms with E-state index in [1.807, 2.05) is 0 Å². The SMILES string of the molecule is N#CC1CC(F)(F)CCC1=O.NN.Nc1n[nH]c2c1CC(F)(F)CC2.O. The summed E-state index contributed by atoms with van der Waals surface area (Å²) < 4.78 is 50.7. The summed E-state index contributed by atoms with van der Waals surface area (Å²) >= 11 is 0. The molecule has 0 aliphatic heterocycles. The Hall–Kier alpha value is -2.23. The van der Waals surface area contributed by atoms with Crippen molar-refractivity contribution in [2.75, 3.05) is 5.73 Å². The van der Waals surface area contributed by atoms with Crippen LogP contribution in [0.2, 0.25) is 0 Å². The van der Waals surface area contributed by atoms with E-state index >= 15 is 0 Å². The standard InChI is InChI=1S/C7H9F2N3.C7H7F2NO.H4N2.H2O/c8-7(9)2-1-5-4(3-7)6(10)12-11-5;8-7(9)2-1-6(11)5(3-7)4-10;1-2;/h1-3H2,(H3,10,11,12);5H,1-3H2;1-2H2;1H2.